The van der Waals surface area contributed by atoms with Gasteiger partial charge in [0.25, 0.3) is 0 Å². The van der Waals surface area contributed by atoms with Crippen LogP contribution in [0.25, 0.3) is 0 Å². The molecule has 3 rings (SSSR count). The SMILES string of the molecule is CN(CC(=O)Nc1ccc(N2CCOCC2)cc1)C(=O)/C=C/Sc1ccccc1. The quantitative estimate of drug-likeness (QED) is 0.560. The van der Waals surface area contributed by atoms with Gasteiger partial charge in [0.05, 0.1) is 19.8 Å². The Balaban J connectivity index is 1.44. The number of hydrogen-bond acceptors (Lipinski definition) is 5. The van der Waals surface area contributed by atoms with Crippen molar-refractivity contribution in [3.8, 4) is 0 Å². The summed E-state index contributed by atoms with van der Waals surface area (Å²) in [5, 5.41) is 4.57. The molecule has 1 aliphatic heterocycles. The maximum Gasteiger partial charge on any atom is 0.247 e. The first-order chi connectivity index (χ1) is 14.1. The van der Waals surface area contributed by atoms with Crippen LogP contribution in [-0.4, -0.2) is 56.6 Å². The highest BCUT2D eigenvalue weighted by atomic mass is 32.2. The van der Waals surface area contributed by atoms with E-state index in [1.165, 1.54) is 22.7 Å². The monoisotopic (exact) mass is 411 g/mol. The van der Waals surface area contributed by atoms with Gasteiger partial charge in [0.1, 0.15) is 0 Å². The molecule has 0 atom stereocenters. The number of amides is 2. The van der Waals surface area contributed by atoms with Crippen molar-refractivity contribution in [3.05, 3.63) is 66.1 Å². The van der Waals surface area contributed by atoms with Crippen molar-refractivity contribution in [2.24, 2.45) is 0 Å². The Bertz CT molecular complexity index is 834. The van der Waals surface area contributed by atoms with Gasteiger partial charge in [-0.05, 0) is 41.8 Å². The molecule has 2 amide bonds. The Labute approximate surface area is 175 Å². The topological polar surface area (TPSA) is 61.9 Å². The molecule has 0 aromatic heterocycles. The second-order valence-corrected chi connectivity index (χ2v) is 7.60. The van der Waals surface area contributed by atoms with Gasteiger partial charge >= 0.3 is 0 Å². The van der Waals surface area contributed by atoms with Gasteiger partial charge in [-0.25, -0.2) is 0 Å². The Hall–Kier alpha value is -2.77. The zero-order valence-electron chi connectivity index (χ0n) is 16.4. The third-order valence-electron chi connectivity index (χ3n) is 4.44. The number of thioether (sulfide) groups is 1. The molecule has 1 heterocycles. The second-order valence-electron chi connectivity index (χ2n) is 6.62. The summed E-state index contributed by atoms with van der Waals surface area (Å²) in [6.07, 6.45) is 1.47. The largest absolute Gasteiger partial charge is 0.378 e. The van der Waals surface area contributed by atoms with Crippen LogP contribution in [0.5, 0.6) is 0 Å². The van der Waals surface area contributed by atoms with E-state index in [2.05, 4.69) is 10.2 Å². The number of hydrogen-bond donors (Lipinski definition) is 1. The van der Waals surface area contributed by atoms with Crippen LogP contribution in [0.2, 0.25) is 0 Å². The van der Waals surface area contributed by atoms with E-state index in [0.717, 1.165) is 36.9 Å². The number of ether oxygens (including phenoxy) is 1. The van der Waals surface area contributed by atoms with Crippen LogP contribution < -0.4 is 10.2 Å². The summed E-state index contributed by atoms with van der Waals surface area (Å²) in [4.78, 5) is 29.1. The van der Waals surface area contributed by atoms with Crippen LogP contribution in [0, 0.1) is 0 Å². The molecule has 152 valence electrons. The Kier molecular flexibility index (Phi) is 7.72. The van der Waals surface area contributed by atoms with E-state index in [1.54, 1.807) is 12.5 Å². The Morgan fingerprint density at radius 3 is 2.48 bits per heavy atom. The van der Waals surface area contributed by atoms with Crippen LogP contribution in [0.3, 0.4) is 0 Å². The molecule has 0 spiro atoms. The maximum absolute atomic E-state index is 12.2. The highest BCUT2D eigenvalue weighted by Crippen LogP contribution is 2.19. The van der Waals surface area contributed by atoms with E-state index in [1.807, 2.05) is 54.6 Å². The first-order valence-electron chi connectivity index (χ1n) is 9.48. The smallest absolute Gasteiger partial charge is 0.247 e. The number of nitrogens with zero attached hydrogens (tertiary/aromatic N) is 2. The van der Waals surface area contributed by atoms with Gasteiger partial charge in [-0.2, -0.15) is 0 Å². The molecule has 0 saturated carbocycles. The predicted molar refractivity (Wildman–Crippen MR) is 117 cm³/mol. The van der Waals surface area contributed by atoms with Gasteiger partial charge in [0.2, 0.25) is 11.8 Å². The fraction of sp³-hybridized carbons (Fsp3) is 0.273. The molecule has 0 unspecified atom stereocenters. The number of anilines is 2. The van der Waals surface area contributed by atoms with E-state index in [4.69, 9.17) is 4.74 Å². The molecule has 1 N–H and O–H groups in total. The number of benzene rings is 2. The van der Waals surface area contributed by atoms with E-state index in [9.17, 15) is 9.59 Å². The van der Waals surface area contributed by atoms with Crippen molar-refractivity contribution in [1.29, 1.82) is 0 Å². The Morgan fingerprint density at radius 1 is 1.10 bits per heavy atom. The highest BCUT2D eigenvalue weighted by Gasteiger charge is 2.13. The van der Waals surface area contributed by atoms with Gasteiger partial charge < -0.3 is 19.9 Å². The van der Waals surface area contributed by atoms with Crippen LogP contribution in [-0.2, 0) is 14.3 Å². The summed E-state index contributed by atoms with van der Waals surface area (Å²) in [6, 6.07) is 17.5. The third-order valence-corrected chi connectivity index (χ3v) is 5.26. The highest BCUT2D eigenvalue weighted by molar-refractivity contribution is 8.02. The summed E-state index contributed by atoms with van der Waals surface area (Å²) in [7, 11) is 1.61. The maximum atomic E-state index is 12.2. The van der Waals surface area contributed by atoms with E-state index in [0.29, 0.717) is 5.69 Å². The predicted octanol–water partition coefficient (Wildman–Crippen LogP) is 3.23. The Morgan fingerprint density at radius 2 is 1.79 bits per heavy atom. The van der Waals surface area contributed by atoms with E-state index >= 15 is 0 Å². The molecule has 0 aliphatic carbocycles. The van der Waals surface area contributed by atoms with Crippen LogP contribution in [0.15, 0.2) is 71.0 Å². The fourth-order valence-corrected chi connectivity index (χ4v) is 3.52. The van der Waals surface area contributed by atoms with E-state index < -0.39 is 0 Å². The summed E-state index contributed by atoms with van der Waals surface area (Å²) in [5.41, 5.74) is 1.82. The molecule has 1 aliphatic rings. The van der Waals surface area contributed by atoms with Crippen molar-refractivity contribution in [3.63, 3.8) is 0 Å². The molecular weight excluding hydrogens is 386 g/mol. The number of rotatable bonds is 7. The van der Waals surface area contributed by atoms with Gasteiger partial charge in [0.15, 0.2) is 0 Å². The van der Waals surface area contributed by atoms with Crippen LogP contribution in [0.4, 0.5) is 11.4 Å². The normalized spacial score (nSPS) is 14.0. The van der Waals surface area contributed by atoms with Crippen molar-refractivity contribution in [1.82, 2.24) is 4.90 Å². The minimum absolute atomic E-state index is 0.00953. The molecule has 1 fully saturated rings. The number of carbonyl (C=O) groups is 2. The third kappa shape index (κ3) is 6.66. The number of morpholine rings is 1. The minimum atomic E-state index is -0.232. The molecule has 0 bridgehead atoms. The molecule has 6 nitrogen and oxygen atoms in total. The summed E-state index contributed by atoms with van der Waals surface area (Å²) < 4.78 is 5.36. The lowest BCUT2D eigenvalue weighted by molar-refractivity contribution is -0.129. The molecule has 2 aromatic rings. The number of carbonyl (C=O) groups excluding carboxylic acids is 2. The number of nitrogens with one attached hydrogen (secondary N) is 1. The van der Waals surface area contributed by atoms with Gasteiger partial charge in [-0.3, -0.25) is 9.59 Å². The van der Waals surface area contributed by atoms with Crippen molar-refractivity contribution >= 4 is 35.0 Å². The second kappa shape index (κ2) is 10.7. The van der Waals surface area contributed by atoms with E-state index in [-0.39, 0.29) is 18.4 Å². The average Bonchev–Trinajstić information content (AvgIpc) is 2.75. The van der Waals surface area contributed by atoms with Gasteiger partial charge in [0, 0.05) is 42.5 Å². The van der Waals surface area contributed by atoms with Gasteiger partial charge in [-0.1, -0.05) is 30.0 Å². The lowest BCUT2D eigenvalue weighted by atomic mass is 10.2. The molecular formula is C22H25N3O3S. The lowest BCUT2D eigenvalue weighted by Crippen LogP contribution is -2.36. The lowest BCUT2D eigenvalue weighted by Gasteiger charge is -2.28. The zero-order chi connectivity index (χ0) is 20.5. The van der Waals surface area contributed by atoms with Crippen LogP contribution >= 0.6 is 11.8 Å². The summed E-state index contributed by atoms with van der Waals surface area (Å²) in [5.74, 6) is -0.449. The van der Waals surface area contributed by atoms with Crippen molar-refractivity contribution < 1.29 is 14.3 Å². The van der Waals surface area contributed by atoms with Crippen molar-refractivity contribution in [2.75, 3.05) is 50.1 Å². The molecule has 2 aromatic carbocycles. The summed E-state index contributed by atoms with van der Waals surface area (Å²) in [6.45, 7) is 3.20. The standard InChI is InChI=1S/C22H25N3O3S/c1-24(22(27)11-16-29-20-5-3-2-4-6-20)17-21(26)23-18-7-9-19(10-8-18)25-12-14-28-15-13-25/h2-11,16H,12-15,17H2,1H3,(H,23,26)/b16-11+. The van der Waals surface area contributed by atoms with Crippen molar-refractivity contribution in [2.45, 2.75) is 4.90 Å². The molecule has 1 saturated heterocycles. The zero-order valence-corrected chi connectivity index (χ0v) is 17.2. The summed E-state index contributed by atoms with van der Waals surface area (Å²) >= 11 is 1.46. The molecule has 7 heteroatoms. The number of likely N-dealkylation sites (N-methyl/N-ethyl adjacent to an activating group) is 1. The first kappa shape index (κ1) is 21.0. The molecule has 29 heavy (non-hydrogen) atoms. The first-order valence-corrected chi connectivity index (χ1v) is 10.4. The van der Waals surface area contributed by atoms with Gasteiger partial charge in [-0.15, -0.1) is 0 Å². The van der Waals surface area contributed by atoms with Crippen LogP contribution in [0.1, 0.15) is 0 Å². The fourth-order valence-electron chi connectivity index (χ4n) is 2.87. The average molecular weight is 412 g/mol. The molecule has 0 radical (unpaired) electrons. The minimum Gasteiger partial charge on any atom is -0.378 e.